The van der Waals surface area contributed by atoms with Crippen LogP contribution >= 0.6 is 27.7 Å². The molecule has 31 heavy (non-hydrogen) atoms. The standard InChI is InChI=1S/C23H31BrN2O4S/c1-3-30-12-6-11-25-22(27)15-26-18-7-4-5-8-20(18)31-21(23(26)28)14-16-9-10-19(29-2)17(24)13-16/h9-10,13-14,18,20H,3-8,11-12,15H2,1-2H3,(H,25,27)/b21-14+. The van der Waals surface area contributed by atoms with Crippen LogP contribution in [0.25, 0.3) is 6.08 Å². The van der Waals surface area contributed by atoms with Gasteiger partial charge < -0.3 is 19.7 Å². The van der Waals surface area contributed by atoms with E-state index < -0.39 is 0 Å². The minimum atomic E-state index is -0.104. The molecule has 1 N–H and O–H groups in total. The number of methoxy groups -OCH3 is 1. The van der Waals surface area contributed by atoms with E-state index in [1.54, 1.807) is 23.8 Å². The Morgan fingerprint density at radius 3 is 2.90 bits per heavy atom. The van der Waals surface area contributed by atoms with E-state index in [0.29, 0.717) is 29.9 Å². The Balaban J connectivity index is 1.72. The summed E-state index contributed by atoms with van der Waals surface area (Å²) in [4.78, 5) is 28.4. The van der Waals surface area contributed by atoms with Gasteiger partial charge >= 0.3 is 0 Å². The summed E-state index contributed by atoms with van der Waals surface area (Å²) in [6.45, 7) is 3.93. The number of fused-ring (bicyclic) bond motifs is 1. The molecule has 0 bridgehead atoms. The molecule has 0 aromatic heterocycles. The summed E-state index contributed by atoms with van der Waals surface area (Å²) in [5.74, 6) is 0.594. The van der Waals surface area contributed by atoms with Crippen LogP contribution in [0.4, 0.5) is 0 Å². The summed E-state index contributed by atoms with van der Waals surface area (Å²) in [7, 11) is 1.63. The zero-order chi connectivity index (χ0) is 22.2. The molecule has 1 heterocycles. The highest BCUT2D eigenvalue weighted by Gasteiger charge is 2.41. The number of amides is 2. The lowest BCUT2D eigenvalue weighted by Gasteiger charge is -2.43. The molecule has 1 aromatic carbocycles. The maximum atomic E-state index is 13.3. The van der Waals surface area contributed by atoms with Crippen molar-refractivity contribution in [2.75, 3.05) is 33.4 Å². The highest BCUT2D eigenvalue weighted by molar-refractivity contribution is 9.10. The molecule has 2 fully saturated rings. The highest BCUT2D eigenvalue weighted by Crippen LogP contribution is 2.42. The normalized spacial score (nSPS) is 22.4. The maximum absolute atomic E-state index is 13.3. The second kappa shape index (κ2) is 11.9. The molecule has 2 aliphatic rings. The third kappa shape index (κ3) is 6.49. The van der Waals surface area contributed by atoms with Gasteiger partial charge in [0.05, 0.1) is 16.5 Å². The zero-order valence-electron chi connectivity index (χ0n) is 18.2. The van der Waals surface area contributed by atoms with Crippen molar-refractivity contribution in [3.8, 4) is 5.75 Å². The number of halogens is 1. The van der Waals surface area contributed by atoms with Gasteiger partial charge in [0, 0.05) is 31.1 Å². The quantitative estimate of drug-likeness (QED) is 0.397. The predicted molar refractivity (Wildman–Crippen MR) is 128 cm³/mol. The largest absolute Gasteiger partial charge is 0.496 e. The van der Waals surface area contributed by atoms with Gasteiger partial charge in [-0.3, -0.25) is 9.59 Å². The van der Waals surface area contributed by atoms with Crippen molar-refractivity contribution in [2.45, 2.75) is 50.3 Å². The van der Waals surface area contributed by atoms with E-state index in [1.165, 1.54) is 6.42 Å². The number of carbonyl (C=O) groups is 2. The molecule has 6 nitrogen and oxygen atoms in total. The maximum Gasteiger partial charge on any atom is 0.261 e. The number of nitrogens with zero attached hydrogens (tertiary/aromatic N) is 1. The number of hydrogen-bond donors (Lipinski definition) is 1. The third-order valence-corrected chi connectivity index (χ3v) is 7.62. The molecule has 170 valence electrons. The Kier molecular flexibility index (Phi) is 9.29. The fourth-order valence-corrected chi connectivity index (χ4v) is 6.07. The smallest absolute Gasteiger partial charge is 0.261 e. The van der Waals surface area contributed by atoms with Gasteiger partial charge in [0.25, 0.3) is 5.91 Å². The van der Waals surface area contributed by atoms with Crippen LogP contribution in [0, 0.1) is 0 Å². The fourth-order valence-electron chi connectivity index (χ4n) is 4.04. The highest BCUT2D eigenvalue weighted by atomic mass is 79.9. The van der Waals surface area contributed by atoms with E-state index in [0.717, 1.165) is 41.5 Å². The second-order valence-corrected chi connectivity index (χ2v) is 9.88. The van der Waals surface area contributed by atoms with Gasteiger partial charge in [0.15, 0.2) is 0 Å². The third-order valence-electron chi connectivity index (χ3n) is 5.60. The SMILES string of the molecule is CCOCCCNC(=O)CN1C(=O)/C(=C\c2ccc(OC)c(Br)c2)SC2CCCCC21. The van der Waals surface area contributed by atoms with Crippen molar-refractivity contribution in [1.82, 2.24) is 10.2 Å². The Morgan fingerprint density at radius 1 is 1.35 bits per heavy atom. The molecule has 2 atom stereocenters. The number of benzene rings is 1. The van der Waals surface area contributed by atoms with Crippen molar-refractivity contribution in [1.29, 1.82) is 0 Å². The molecule has 1 aliphatic heterocycles. The lowest BCUT2D eigenvalue weighted by molar-refractivity contribution is -0.135. The number of nitrogens with one attached hydrogen (secondary N) is 1. The Labute approximate surface area is 197 Å². The Bertz CT molecular complexity index is 817. The molecule has 0 spiro atoms. The molecule has 1 saturated heterocycles. The molecule has 2 amide bonds. The van der Waals surface area contributed by atoms with E-state index in [4.69, 9.17) is 9.47 Å². The number of hydrogen-bond acceptors (Lipinski definition) is 5. The van der Waals surface area contributed by atoms with Gasteiger partial charge in [0.1, 0.15) is 12.3 Å². The summed E-state index contributed by atoms with van der Waals surface area (Å²) >= 11 is 5.18. The molecule has 8 heteroatoms. The summed E-state index contributed by atoms with van der Waals surface area (Å²) in [5, 5.41) is 3.27. The minimum Gasteiger partial charge on any atom is -0.496 e. The van der Waals surface area contributed by atoms with Crippen LogP contribution < -0.4 is 10.1 Å². The van der Waals surface area contributed by atoms with E-state index in [9.17, 15) is 9.59 Å². The van der Waals surface area contributed by atoms with Crippen LogP contribution in [-0.2, 0) is 14.3 Å². The minimum absolute atomic E-state index is 0.0513. The van der Waals surface area contributed by atoms with E-state index >= 15 is 0 Å². The van der Waals surface area contributed by atoms with Crippen molar-refractivity contribution in [3.05, 3.63) is 33.1 Å². The van der Waals surface area contributed by atoms with E-state index in [1.807, 2.05) is 31.2 Å². The van der Waals surface area contributed by atoms with Gasteiger partial charge in [-0.25, -0.2) is 0 Å². The number of rotatable bonds is 9. The van der Waals surface area contributed by atoms with E-state index in [2.05, 4.69) is 21.2 Å². The lowest BCUT2D eigenvalue weighted by Crippen LogP contribution is -2.54. The van der Waals surface area contributed by atoms with Crippen molar-refractivity contribution in [3.63, 3.8) is 0 Å². The molecule has 1 aliphatic carbocycles. The van der Waals surface area contributed by atoms with Crippen LogP contribution in [-0.4, -0.2) is 61.4 Å². The van der Waals surface area contributed by atoms with Gasteiger partial charge in [0.2, 0.25) is 5.91 Å². The predicted octanol–water partition coefficient (Wildman–Crippen LogP) is 4.23. The summed E-state index contributed by atoms with van der Waals surface area (Å²) in [6, 6.07) is 5.89. The first-order valence-electron chi connectivity index (χ1n) is 10.9. The first-order chi connectivity index (χ1) is 15.0. The molecule has 1 aromatic rings. The van der Waals surface area contributed by atoms with Gasteiger partial charge in [-0.15, -0.1) is 11.8 Å². The Morgan fingerprint density at radius 2 is 2.16 bits per heavy atom. The molecule has 2 unspecified atom stereocenters. The summed E-state index contributed by atoms with van der Waals surface area (Å²) in [6.07, 6.45) is 7.00. The molecular formula is C23H31BrN2O4S. The van der Waals surface area contributed by atoms with Crippen LogP contribution in [0.2, 0.25) is 0 Å². The molecule has 1 saturated carbocycles. The molecular weight excluding hydrogens is 480 g/mol. The van der Waals surface area contributed by atoms with Crippen molar-refractivity contribution in [2.24, 2.45) is 0 Å². The summed E-state index contributed by atoms with van der Waals surface area (Å²) < 4.78 is 11.4. The molecule has 3 rings (SSSR count). The van der Waals surface area contributed by atoms with Gasteiger partial charge in [-0.2, -0.15) is 0 Å². The monoisotopic (exact) mass is 510 g/mol. The topological polar surface area (TPSA) is 67.9 Å². The second-order valence-electron chi connectivity index (χ2n) is 7.74. The Hall–Kier alpha value is -1.51. The fraction of sp³-hybridized carbons (Fsp3) is 0.565. The van der Waals surface area contributed by atoms with E-state index in [-0.39, 0.29) is 24.4 Å². The number of ether oxygens (including phenoxy) is 2. The average molecular weight is 511 g/mol. The van der Waals surface area contributed by atoms with Crippen LogP contribution in [0.15, 0.2) is 27.6 Å². The van der Waals surface area contributed by atoms with Crippen molar-refractivity contribution < 1.29 is 19.1 Å². The first-order valence-corrected chi connectivity index (χ1v) is 12.6. The lowest BCUT2D eigenvalue weighted by atomic mass is 9.93. The van der Waals surface area contributed by atoms with Gasteiger partial charge in [-0.05, 0) is 65.9 Å². The van der Waals surface area contributed by atoms with Crippen LogP contribution in [0.5, 0.6) is 5.75 Å². The average Bonchev–Trinajstić information content (AvgIpc) is 2.76. The zero-order valence-corrected chi connectivity index (χ0v) is 20.6. The summed E-state index contributed by atoms with van der Waals surface area (Å²) in [5.41, 5.74) is 0.929. The molecule has 0 radical (unpaired) electrons. The van der Waals surface area contributed by atoms with Crippen LogP contribution in [0.1, 0.15) is 44.6 Å². The number of carbonyl (C=O) groups excluding carboxylic acids is 2. The van der Waals surface area contributed by atoms with Crippen molar-refractivity contribution >= 4 is 45.6 Å². The first kappa shape index (κ1) is 24.1. The van der Waals surface area contributed by atoms with Crippen LogP contribution in [0.3, 0.4) is 0 Å². The van der Waals surface area contributed by atoms with Gasteiger partial charge in [-0.1, -0.05) is 18.9 Å². The number of thioether (sulfide) groups is 1.